The molecule has 2 atom stereocenters. The van der Waals surface area contributed by atoms with E-state index in [0.29, 0.717) is 54.5 Å². The van der Waals surface area contributed by atoms with Crippen molar-refractivity contribution in [2.24, 2.45) is 11.8 Å². The molecule has 2 saturated heterocycles. The maximum atomic E-state index is 13.2. The van der Waals surface area contributed by atoms with Gasteiger partial charge >= 0.3 is 0 Å². The number of aromatic nitrogens is 1. The van der Waals surface area contributed by atoms with Crippen LogP contribution in [-0.4, -0.2) is 60.0 Å². The summed E-state index contributed by atoms with van der Waals surface area (Å²) in [5.74, 6) is -0.268. The molecule has 1 aromatic heterocycles. The zero-order chi connectivity index (χ0) is 27.9. The number of ether oxygens (including phenoxy) is 3. The third-order valence-electron chi connectivity index (χ3n) is 8.00. The van der Waals surface area contributed by atoms with Crippen molar-refractivity contribution >= 4 is 35.2 Å². The van der Waals surface area contributed by atoms with Gasteiger partial charge in [-0.1, -0.05) is 11.6 Å². The van der Waals surface area contributed by atoms with Gasteiger partial charge < -0.3 is 29.4 Å². The molecule has 4 heterocycles. The fourth-order valence-electron chi connectivity index (χ4n) is 5.66. The van der Waals surface area contributed by atoms with E-state index in [1.54, 1.807) is 13.0 Å². The van der Waals surface area contributed by atoms with Crippen molar-refractivity contribution in [3.63, 3.8) is 0 Å². The lowest BCUT2D eigenvalue weighted by molar-refractivity contribution is -0.146. The average molecular weight is 576 g/mol. The Labute approximate surface area is 236 Å². The number of nitrogens with one attached hydrogen (secondary N) is 2. The number of fused-ring (bicyclic) bond motifs is 1. The number of hydrogen-bond acceptors (Lipinski definition) is 7. The van der Waals surface area contributed by atoms with Crippen LogP contribution in [0.15, 0.2) is 21.8 Å². The number of rotatable bonds is 6. The van der Waals surface area contributed by atoms with Crippen LogP contribution in [0.3, 0.4) is 0 Å². The molecular formula is C28H34ClN3O6S. The minimum absolute atomic E-state index is 0.0388. The van der Waals surface area contributed by atoms with E-state index in [9.17, 15) is 14.4 Å². The highest BCUT2D eigenvalue weighted by Gasteiger charge is 2.48. The smallest absolute Gasteiger partial charge is 0.254 e. The number of carbonyl (C=O) groups excluding carboxylic acids is 2. The standard InChI is InChI=1S/C28H34ClN3O6S/c1-15-11-22(39-4)20(26(34)31-15)13-30-25(33)19-12-21(29)24-23(16(19)2)37-28(3,38-24)18-5-8-32(9-6-18)27(35)17-7-10-36-14-17/h11-12,17-18H,5-10,13-14H2,1-4H3,(H,30,33)(H,31,34). The van der Waals surface area contributed by atoms with Crippen LogP contribution in [0.25, 0.3) is 0 Å². The number of nitrogens with zero attached hydrogens (tertiary/aromatic N) is 1. The normalized spacial score (nSPS) is 22.8. The van der Waals surface area contributed by atoms with Gasteiger partial charge in [-0.3, -0.25) is 14.4 Å². The summed E-state index contributed by atoms with van der Waals surface area (Å²) in [6.07, 6.45) is 4.14. The SMILES string of the molecule is CSc1cc(C)[nH]c(=O)c1CNC(=O)c1cc(Cl)c2c(c1C)OC(C)(C1CCN(C(=O)C3CCOC3)CC1)O2. The highest BCUT2D eigenvalue weighted by molar-refractivity contribution is 7.98. The minimum Gasteiger partial charge on any atom is -0.448 e. The molecule has 0 saturated carbocycles. The lowest BCUT2D eigenvalue weighted by atomic mass is 9.88. The van der Waals surface area contributed by atoms with E-state index in [0.717, 1.165) is 29.9 Å². The number of H-pyrrole nitrogens is 1. The van der Waals surface area contributed by atoms with Gasteiger partial charge in [0.1, 0.15) is 0 Å². The highest BCUT2D eigenvalue weighted by Crippen LogP contribution is 2.51. The molecule has 9 nitrogen and oxygen atoms in total. The van der Waals surface area contributed by atoms with Crippen molar-refractivity contribution in [3.05, 3.63) is 49.9 Å². The van der Waals surface area contributed by atoms with E-state index < -0.39 is 5.79 Å². The summed E-state index contributed by atoms with van der Waals surface area (Å²) >= 11 is 8.05. The zero-order valence-electron chi connectivity index (χ0n) is 22.6. The Balaban J connectivity index is 1.28. The largest absolute Gasteiger partial charge is 0.448 e. The van der Waals surface area contributed by atoms with Crippen LogP contribution < -0.4 is 20.3 Å². The summed E-state index contributed by atoms with van der Waals surface area (Å²) in [5, 5.41) is 3.15. The molecule has 2 N–H and O–H groups in total. The third kappa shape index (κ3) is 5.38. The van der Waals surface area contributed by atoms with Gasteiger partial charge in [-0.2, -0.15) is 0 Å². The van der Waals surface area contributed by atoms with E-state index in [1.165, 1.54) is 11.8 Å². The number of halogens is 1. The Morgan fingerprint density at radius 2 is 1.90 bits per heavy atom. The van der Waals surface area contributed by atoms with Gasteiger partial charge in [-0.25, -0.2) is 0 Å². The summed E-state index contributed by atoms with van der Waals surface area (Å²) in [4.78, 5) is 44.0. The van der Waals surface area contributed by atoms with Gasteiger partial charge in [0.15, 0.2) is 11.5 Å². The molecule has 0 radical (unpaired) electrons. The van der Waals surface area contributed by atoms with Crippen molar-refractivity contribution in [2.45, 2.75) is 57.3 Å². The maximum absolute atomic E-state index is 13.2. The van der Waals surface area contributed by atoms with Crippen molar-refractivity contribution < 1.29 is 23.8 Å². The quantitative estimate of drug-likeness (QED) is 0.500. The summed E-state index contributed by atoms with van der Waals surface area (Å²) in [6.45, 7) is 8.02. The molecule has 5 rings (SSSR count). The van der Waals surface area contributed by atoms with Crippen molar-refractivity contribution in [1.82, 2.24) is 15.2 Å². The molecule has 2 unspecified atom stereocenters. The summed E-state index contributed by atoms with van der Waals surface area (Å²) in [6, 6.07) is 3.47. The summed E-state index contributed by atoms with van der Waals surface area (Å²) in [7, 11) is 0. The first kappa shape index (κ1) is 27.9. The van der Waals surface area contributed by atoms with Gasteiger partial charge in [0.2, 0.25) is 5.91 Å². The Bertz CT molecular complexity index is 1350. The van der Waals surface area contributed by atoms with E-state index in [-0.39, 0.29) is 40.8 Å². The molecule has 3 aliphatic heterocycles. The van der Waals surface area contributed by atoms with Crippen LogP contribution in [0.4, 0.5) is 0 Å². The summed E-state index contributed by atoms with van der Waals surface area (Å²) in [5.41, 5.74) is 2.03. The van der Waals surface area contributed by atoms with Gasteiger partial charge in [0, 0.05) is 66.4 Å². The van der Waals surface area contributed by atoms with Gasteiger partial charge in [0.05, 0.1) is 17.5 Å². The Morgan fingerprint density at radius 1 is 1.18 bits per heavy atom. The minimum atomic E-state index is -0.958. The molecule has 2 fully saturated rings. The number of piperidine rings is 1. The van der Waals surface area contributed by atoms with Crippen molar-refractivity contribution in [1.29, 1.82) is 0 Å². The first-order valence-corrected chi connectivity index (χ1v) is 14.8. The predicted octanol–water partition coefficient (Wildman–Crippen LogP) is 4.06. The molecule has 1 aromatic carbocycles. The molecule has 0 aliphatic carbocycles. The average Bonchev–Trinajstić information content (AvgIpc) is 3.58. The van der Waals surface area contributed by atoms with E-state index >= 15 is 0 Å². The summed E-state index contributed by atoms with van der Waals surface area (Å²) < 4.78 is 18.1. The number of benzene rings is 1. The van der Waals surface area contributed by atoms with E-state index in [2.05, 4.69) is 10.3 Å². The highest BCUT2D eigenvalue weighted by atomic mass is 35.5. The lowest BCUT2D eigenvalue weighted by Gasteiger charge is -2.39. The molecule has 3 aliphatic rings. The monoisotopic (exact) mass is 575 g/mol. The number of amides is 2. The van der Waals surface area contributed by atoms with Gasteiger partial charge in [-0.15, -0.1) is 11.8 Å². The van der Waals surface area contributed by atoms with Gasteiger partial charge in [0.25, 0.3) is 17.3 Å². The number of carbonyl (C=O) groups is 2. The molecule has 0 spiro atoms. The molecule has 39 heavy (non-hydrogen) atoms. The van der Waals surface area contributed by atoms with Crippen LogP contribution in [0.1, 0.15) is 53.4 Å². The fraction of sp³-hybridized carbons (Fsp3) is 0.536. The van der Waals surface area contributed by atoms with Crippen LogP contribution >= 0.6 is 23.4 Å². The fourth-order valence-corrected chi connectivity index (χ4v) is 6.60. The van der Waals surface area contributed by atoms with Gasteiger partial charge in [-0.05, 0) is 51.5 Å². The molecule has 210 valence electrons. The first-order valence-electron chi connectivity index (χ1n) is 13.2. The molecular weight excluding hydrogens is 542 g/mol. The number of thioether (sulfide) groups is 1. The third-order valence-corrected chi connectivity index (χ3v) is 9.08. The first-order chi connectivity index (χ1) is 18.6. The van der Waals surface area contributed by atoms with Crippen LogP contribution in [-0.2, 0) is 16.1 Å². The van der Waals surface area contributed by atoms with Crippen molar-refractivity contribution in [2.75, 3.05) is 32.6 Å². The number of aromatic amines is 1. The number of likely N-dealkylation sites (tertiary alicyclic amines) is 1. The Hall–Kier alpha value is -2.69. The van der Waals surface area contributed by atoms with Crippen LogP contribution in [0, 0.1) is 25.7 Å². The van der Waals surface area contributed by atoms with Crippen LogP contribution in [0.5, 0.6) is 11.5 Å². The Morgan fingerprint density at radius 3 is 2.56 bits per heavy atom. The number of aryl methyl sites for hydroxylation is 1. The number of hydrogen-bond donors (Lipinski definition) is 2. The van der Waals surface area contributed by atoms with Crippen molar-refractivity contribution in [3.8, 4) is 11.5 Å². The molecule has 2 aromatic rings. The predicted molar refractivity (Wildman–Crippen MR) is 149 cm³/mol. The zero-order valence-corrected chi connectivity index (χ0v) is 24.2. The Kier molecular flexibility index (Phi) is 7.90. The maximum Gasteiger partial charge on any atom is 0.254 e. The van der Waals surface area contributed by atoms with E-state index in [4.69, 9.17) is 25.8 Å². The second-order valence-corrected chi connectivity index (χ2v) is 11.8. The van der Waals surface area contributed by atoms with Crippen LogP contribution in [0.2, 0.25) is 5.02 Å². The second-order valence-electron chi connectivity index (χ2n) is 10.6. The second kappa shape index (κ2) is 11.1. The van der Waals surface area contributed by atoms with E-state index in [1.807, 2.05) is 31.1 Å². The molecule has 0 bridgehead atoms. The topological polar surface area (TPSA) is 110 Å². The molecule has 11 heteroatoms. The lowest BCUT2D eigenvalue weighted by Crippen LogP contribution is -2.50. The molecule has 2 amide bonds. The number of pyridine rings is 1.